The topological polar surface area (TPSA) is 67.2 Å². The van der Waals surface area contributed by atoms with Crippen LogP contribution in [0.4, 0.5) is 0 Å². The monoisotopic (exact) mass is 304 g/mol. The Hall–Kier alpha value is -1.85. The average Bonchev–Trinajstić information content (AvgIpc) is 2.97. The van der Waals surface area contributed by atoms with Crippen molar-refractivity contribution in [2.45, 2.75) is 45.1 Å². The lowest BCUT2D eigenvalue weighted by molar-refractivity contribution is -0.136. The predicted octanol–water partition coefficient (Wildman–Crippen LogP) is 0.746. The van der Waals surface area contributed by atoms with E-state index in [0.29, 0.717) is 13.1 Å². The second-order valence-corrected chi connectivity index (χ2v) is 6.27. The third-order valence-corrected chi connectivity index (χ3v) is 4.81. The Balaban J connectivity index is 1.64. The summed E-state index contributed by atoms with van der Waals surface area (Å²) in [7, 11) is 1.65. The average molecular weight is 304 g/mol. The number of carbonyl (C=O) groups is 2. The molecular weight excluding hydrogens is 280 g/mol. The van der Waals surface area contributed by atoms with Gasteiger partial charge in [-0.2, -0.15) is 0 Å². The smallest absolute Gasteiger partial charge is 0.242 e. The second kappa shape index (κ2) is 6.50. The van der Waals surface area contributed by atoms with Crippen molar-refractivity contribution >= 4 is 11.8 Å². The van der Waals surface area contributed by atoms with Crippen LogP contribution in [0.1, 0.15) is 37.1 Å². The summed E-state index contributed by atoms with van der Waals surface area (Å²) >= 11 is 0. The molecule has 0 spiro atoms. The SMILES string of the molecule is CNC(=O)[C@@H]1CCCN(C(=O)Cn2cnc3c2CCCC3)C1. The number of hydrogen-bond acceptors (Lipinski definition) is 3. The molecule has 120 valence electrons. The van der Waals surface area contributed by atoms with E-state index in [2.05, 4.69) is 10.3 Å². The first kappa shape index (κ1) is 15.1. The van der Waals surface area contributed by atoms with E-state index in [1.807, 2.05) is 9.47 Å². The molecule has 6 heteroatoms. The molecule has 2 amide bonds. The molecule has 0 unspecified atom stereocenters. The van der Waals surface area contributed by atoms with Gasteiger partial charge in [0.2, 0.25) is 11.8 Å². The van der Waals surface area contributed by atoms with Crippen molar-refractivity contribution in [2.24, 2.45) is 5.92 Å². The van der Waals surface area contributed by atoms with Crippen molar-refractivity contribution in [1.29, 1.82) is 0 Å². The fraction of sp³-hybridized carbons (Fsp3) is 0.688. The molecule has 1 saturated heterocycles. The number of rotatable bonds is 3. The minimum atomic E-state index is -0.0700. The molecule has 1 N–H and O–H groups in total. The van der Waals surface area contributed by atoms with Gasteiger partial charge in [-0.1, -0.05) is 0 Å². The van der Waals surface area contributed by atoms with Gasteiger partial charge in [0.15, 0.2) is 0 Å². The number of carbonyl (C=O) groups excluding carboxylic acids is 2. The summed E-state index contributed by atoms with van der Waals surface area (Å²) < 4.78 is 2.00. The lowest BCUT2D eigenvalue weighted by Gasteiger charge is -2.32. The van der Waals surface area contributed by atoms with Gasteiger partial charge < -0.3 is 14.8 Å². The van der Waals surface area contributed by atoms with Crippen LogP contribution >= 0.6 is 0 Å². The van der Waals surface area contributed by atoms with E-state index in [4.69, 9.17) is 0 Å². The van der Waals surface area contributed by atoms with Crippen molar-refractivity contribution in [2.75, 3.05) is 20.1 Å². The van der Waals surface area contributed by atoms with Crippen LogP contribution in [0.25, 0.3) is 0 Å². The Kier molecular flexibility index (Phi) is 4.45. The zero-order valence-electron chi connectivity index (χ0n) is 13.2. The van der Waals surface area contributed by atoms with Crippen molar-refractivity contribution < 1.29 is 9.59 Å². The number of likely N-dealkylation sites (tertiary alicyclic amines) is 1. The van der Waals surface area contributed by atoms with Crippen LogP contribution in [-0.4, -0.2) is 46.4 Å². The Morgan fingerprint density at radius 1 is 1.32 bits per heavy atom. The van der Waals surface area contributed by atoms with Gasteiger partial charge in [-0.25, -0.2) is 4.98 Å². The van der Waals surface area contributed by atoms with E-state index in [9.17, 15) is 9.59 Å². The Morgan fingerprint density at radius 3 is 2.95 bits per heavy atom. The summed E-state index contributed by atoms with van der Waals surface area (Å²) in [5.74, 6) is 0.0660. The molecule has 3 rings (SSSR count). The zero-order chi connectivity index (χ0) is 15.5. The first-order chi connectivity index (χ1) is 10.7. The van der Waals surface area contributed by atoms with Crippen LogP contribution in [0.2, 0.25) is 0 Å². The highest BCUT2D eigenvalue weighted by Crippen LogP contribution is 2.21. The van der Waals surface area contributed by atoms with Crippen molar-refractivity contribution in [3.63, 3.8) is 0 Å². The minimum absolute atomic E-state index is 0.0394. The summed E-state index contributed by atoms with van der Waals surface area (Å²) in [6.45, 7) is 1.64. The van der Waals surface area contributed by atoms with Gasteiger partial charge in [0.05, 0.1) is 17.9 Å². The molecule has 1 aliphatic carbocycles. The first-order valence-corrected chi connectivity index (χ1v) is 8.21. The number of amides is 2. The van der Waals surface area contributed by atoms with Gasteiger partial charge in [-0.3, -0.25) is 9.59 Å². The lowest BCUT2D eigenvalue weighted by Crippen LogP contribution is -2.45. The lowest BCUT2D eigenvalue weighted by atomic mass is 9.97. The summed E-state index contributed by atoms with van der Waals surface area (Å²) in [6.07, 6.45) is 7.97. The van der Waals surface area contributed by atoms with E-state index in [1.54, 1.807) is 13.4 Å². The van der Waals surface area contributed by atoms with Gasteiger partial charge in [-0.05, 0) is 38.5 Å². The van der Waals surface area contributed by atoms with Crippen molar-refractivity contribution in [3.05, 3.63) is 17.7 Å². The van der Waals surface area contributed by atoms with Crippen molar-refractivity contribution in [1.82, 2.24) is 19.8 Å². The third-order valence-electron chi connectivity index (χ3n) is 4.81. The minimum Gasteiger partial charge on any atom is -0.359 e. The number of aromatic nitrogens is 2. The number of nitrogens with zero attached hydrogens (tertiary/aromatic N) is 3. The van der Waals surface area contributed by atoms with Gasteiger partial charge in [0, 0.05) is 25.8 Å². The van der Waals surface area contributed by atoms with Crippen LogP contribution in [0.5, 0.6) is 0 Å². The van der Waals surface area contributed by atoms with E-state index in [-0.39, 0.29) is 17.7 Å². The molecule has 1 aromatic heterocycles. The number of imidazole rings is 1. The molecule has 22 heavy (non-hydrogen) atoms. The summed E-state index contributed by atoms with van der Waals surface area (Å²) in [5, 5.41) is 2.69. The van der Waals surface area contributed by atoms with E-state index in [1.165, 1.54) is 18.5 Å². The molecule has 6 nitrogen and oxygen atoms in total. The number of aryl methyl sites for hydroxylation is 1. The van der Waals surface area contributed by atoms with E-state index >= 15 is 0 Å². The third kappa shape index (κ3) is 3.00. The molecule has 1 aliphatic heterocycles. The summed E-state index contributed by atoms with van der Waals surface area (Å²) in [4.78, 5) is 30.6. The molecule has 0 saturated carbocycles. The van der Waals surface area contributed by atoms with Gasteiger partial charge >= 0.3 is 0 Å². The Morgan fingerprint density at radius 2 is 2.14 bits per heavy atom. The number of piperidine rings is 1. The maximum absolute atomic E-state index is 12.6. The number of nitrogens with one attached hydrogen (secondary N) is 1. The molecule has 1 aromatic rings. The molecule has 0 bridgehead atoms. The normalized spacial score (nSPS) is 21.3. The Bertz CT molecular complexity index is 566. The fourth-order valence-corrected chi connectivity index (χ4v) is 3.53. The van der Waals surface area contributed by atoms with Crippen LogP contribution in [0, 0.1) is 5.92 Å². The molecule has 1 atom stereocenters. The first-order valence-electron chi connectivity index (χ1n) is 8.21. The maximum Gasteiger partial charge on any atom is 0.242 e. The molecular formula is C16H24N4O2. The highest BCUT2D eigenvalue weighted by molar-refractivity contribution is 5.81. The maximum atomic E-state index is 12.6. The standard InChI is InChI=1S/C16H24N4O2/c1-17-16(22)12-5-4-8-19(9-12)15(21)10-20-11-18-13-6-2-3-7-14(13)20/h11-12H,2-10H2,1H3,(H,17,22)/t12-/m1/s1. The van der Waals surface area contributed by atoms with Crippen LogP contribution < -0.4 is 5.32 Å². The zero-order valence-corrected chi connectivity index (χ0v) is 13.2. The van der Waals surface area contributed by atoms with E-state index < -0.39 is 0 Å². The summed E-state index contributed by atoms with van der Waals surface area (Å²) in [6, 6.07) is 0. The predicted molar refractivity (Wildman–Crippen MR) is 82.2 cm³/mol. The molecule has 0 radical (unpaired) electrons. The highest BCUT2D eigenvalue weighted by Gasteiger charge is 2.28. The highest BCUT2D eigenvalue weighted by atomic mass is 16.2. The molecule has 2 heterocycles. The largest absolute Gasteiger partial charge is 0.359 e. The molecule has 0 aromatic carbocycles. The van der Waals surface area contributed by atoms with Gasteiger partial charge in [-0.15, -0.1) is 0 Å². The molecule has 1 fully saturated rings. The number of hydrogen-bond donors (Lipinski definition) is 1. The van der Waals surface area contributed by atoms with Crippen LogP contribution in [-0.2, 0) is 29.0 Å². The van der Waals surface area contributed by atoms with Gasteiger partial charge in [0.25, 0.3) is 0 Å². The fourth-order valence-electron chi connectivity index (χ4n) is 3.53. The Labute approximate surface area is 130 Å². The van der Waals surface area contributed by atoms with Crippen LogP contribution in [0.15, 0.2) is 6.33 Å². The quantitative estimate of drug-likeness (QED) is 0.896. The molecule has 2 aliphatic rings. The second-order valence-electron chi connectivity index (χ2n) is 6.27. The van der Waals surface area contributed by atoms with Gasteiger partial charge in [0.1, 0.15) is 6.54 Å². The summed E-state index contributed by atoms with van der Waals surface area (Å²) in [5.41, 5.74) is 2.38. The van der Waals surface area contributed by atoms with E-state index in [0.717, 1.165) is 37.9 Å². The van der Waals surface area contributed by atoms with Crippen molar-refractivity contribution in [3.8, 4) is 0 Å². The van der Waals surface area contributed by atoms with Crippen LogP contribution in [0.3, 0.4) is 0 Å². The number of fused-ring (bicyclic) bond motifs is 1.